The monoisotopic (exact) mass is 420 g/mol. The molecule has 0 radical (unpaired) electrons. The Bertz CT molecular complexity index is 1010. The molecule has 0 bridgehead atoms. The van der Waals surface area contributed by atoms with Crippen LogP contribution in [0.15, 0.2) is 60.7 Å². The van der Waals surface area contributed by atoms with Crippen molar-refractivity contribution in [2.24, 2.45) is 0 Å². The SMILES string of the molecule is CCCCCOC(C)CCC/C=C/c1ccc2cc(-c3ccc(O)cc3F)ccc2c1. The van der Waals surface area contributed by atoms with Gasteiger partial charge in [-0.15, -0.1) is 0 Å². The minimum Gasteiger partial charge on any atom is -0.508 e. The first-order valence-electron chi connectivity index (χ1n) is 11.4. The predicted molar refractivity (Wildman–Crippen MR) is 129 cm³/mol. The van der Waals surface area contributed by atoms with Gasteiger partial charge in [0.25, 0.3) is 0 Å². The number of benzene rings is 3. The van der Waals surface area contributed by atoms with Gasteiger partial charge in [-0.2, -0.15) is 0 Å². The summed E-state index contributed by atoms with van der Waals surface area (Å²) in [4.78, 5) is 0. The van der Waals surface area contributed by atoms with Crippen molar-refractivity contribution in [3.05, 3.63) is 72.1 Å². The Labute approximate surface area is 185 Å². The first kappa shape index (κ1) is 23.0. The van der Waals surface area contributed by atoms with Crippen molar-refractivity contribution >= 4 is 16.8 Å². The highest BCUT2D eigenvalue weighted by Crippen LogP contribution is 2.29. The van der Waals surface area contributed by atoms with Crippen molar-refractivity contribution in [3.8, 4) is 16.9 Å². The third-order valence-corrected chi connectivity index (χ3v) is 5.57. The first-order valence-corrected chi connectivity index (χ1v) is 11.4. The molecule has 0 heterocycles. The molecule has 1 unspecified atom stereocenters. The molecule has 0 fully saturated rings. The van der Waals surface area contributed by atoms with Crippen molar-refractivity contribution in [2.45, 2.75) is 58.5 Å². The van der Waals surface area contributed by atoms with Crippen LogP contribution in [0.2, 0.25) is 0 Å². The molecule has 3 aromatic rings. The summed E-state index contributed by atoms with van der Waals surface area (Å²) < 4.78 is 20.0. The lowest BCUT2D eigenvalue weighted by atomic mass is 9.99. The third kappa shape index (κ3) is 6.93. The maximum Gasteiger partial charge on any atom is 0.134 e. The standard InChI is InChI=1S/C28H33FO2/c1-3-4-8-17-31-21(2)9-6-5-7-10-22-11-12-24-19-25(14-13-23(24)18-22)27-16-15-26(30)20-28(27)29/h7,10-16,18-21,30H,3-6,8-9,17H2,1-2H3/b10-7+. The highest BCUT2D eigenvalue weighted by Gasteiger charge is 2.07. The Balaban J connectivity index is 1.54. The smallest absolute Gasteiger partial charge is 0.134 e. The zero-order valence-corrected chi connectivity index (χ0v) is 18.6. The summed E-state index contributed by atoms with van der Waals surface area (Å²) in [5, 5.41) is 11.6. The Morgan fingerprint density at radius 2 is 1.77 bits per heavy atom. The van der Waals surface area contributed by atoms with E-state index >= 15 is 0 Å². The zero-order chi connectivity index (χ0) is 22.1. The molecular formula is C28H33FO2. The number of rotatable bonds is 11. The number of phenolic OH excluding ortho intramolecular Hbond substituents is 1. The predicted octanol–water partition coefficient (Wildman–Crippen LogP) is 8.13. The molecule has 0 aromatic heterocycles. The van der Waals surface area contributed by atoms with Crippen molar-refractivity contribution in [3.63, 3.8) is 0 Å². The Hall–Kier alpha value is -2.65. The van der Waals surface area contributed by atoms with Crippen molar-refractivity contribution in [1.82, 2.24) is 0 Å². The highest BCUT2D eigenvalue weighted by molar-refractivity contribution is 5.89. The van der Waals surface area contributed by atoms with E-state index in [1.807, 2.05) is 18.2 Å². The van der Waals surface area contributed by atoms with Crippen LogP contribution in [0.5, 0.6) is 5.75 Å². The van der Waals surface area contributed by atoms with Crippen LogP contribution in [0.25, 0.3) is 28.0 Å². The van der Waals surface area contributed by atoms with Crippen molar-refractivity contribution in [1.29, 1.82) is 0 Å². The summed E-state index contributed by atoms with van der Waals surface area (Å²) in [5.41, 5.74) is 2.46. The Morgan fingerprint density at radius 1 is 0.968 bits per heavy atom. The molecule has 0 aliphatic carbocycles. The maximum atomic E-state index is 14.2. The molecule has 0 spiro atoms. The van der Waals surface area contributed by atoms with Gasteiger partial charge in [0, 0.05) is 18.2 Å². The fourth-order valence-corrected chi connectivity index (χ4v) is 3.74. The minimum absolute atomic E-state index is 0.0626. The van der Waals surface area contributed by atoms with E-state index in [9.17, 15) is 9.50 Å². The van der Waals surface area contributed by atoms with E-state index in [-0.39, 0.29) is 5.75 Å². The van der Waals surface area contributed by atoms with Crippen LogP contribution in [-0.2, 0) is 4.74 Å². The summed E-state index contributed by atoms with van der Waals surface area (Å²) in [6, 6.07) is 16.5. The van der Waals surface area contributed by atoms with E-state index in [4.69, 9.17) is 4.74 Å². The molecule has 164 valence electrons. The Morgan fingerprint density at radius 3 is 2.58 bits per heavy atom. The number of hydrogen-bond acceptors (Lipinski definition) is 2. The van der Waals surface area contributed by atoms with Crippen LogP contribution < -0.4 is 0 Å². The molecule has 0 saturated heterocycles. The van der Waals surface area contributed by atoms with Gasteiger partial charge in [-0.25, -0.2) is 4.39 Å². The Kier molecular flexibility index (Phi) is 8.66. The summed E-state index contributed by atoms with van der Waals surface area (Å²) in [5.74, 6) is -0.480. The van der Waals surface area contributed by atoms with Crippen LogP contribution in [0.3, 0.4) is 0 Å². The lowest BCUT2D eigenvalue weighted by Gasteiger charge is -2.12. The van der Waals surface area contributed by atoms with Gasteiger partial charge in [-0.05, 0) is 78.8 Å². The van der Waals surface area contributed by atoms with E-state index in [2.05, 4.69) is 44.2 Å². The average molecular weight is 421 g/mol. The number of halogens is 1. The number of hydrogen-bond donors (Lipinski definition) is 1. The van der Waals surface area contributed by atoms with Crippen LogP contribution in [-0.4, -0.2) is 17.8 Å². The molecule has 1 atom stereocenters. The minimum atomic E-state index is -0.417. The van der Waals surface area contributed by atoms with Gasteiger partial charge in [0.05, 0.1) is 6.10 Å². The molecule has 3 aromatic carbocycles. The van der Waals surface area contributed by atoms with E-state index in [0.29, 0.717) is 11.7 Å². The second-order valence-corrected chi connectivity index (χ2v) is 8.21. The van der Waals surface area contributed by atoms with Crippen molar-refractivity contribution < 1.29 is 14.2 Å². The fourth-order valence-electron chi connectivity index (χ4n) is 3.74. The van der Waals surface area contributed by atoms with Crippen LogP contribution >= 0.6 is 0 Å². The molecule has 0 aliphatic rings. The molecule has 3 rings (SSSR count). The summed E-state index contributed by atoms with van der Waals surface area (Å²) >= 11 is 0. The van der Waals surface area contributed by atoms with Gasteiger partial charge in [0.1, 0.15) is 11.6 Å². The van der Waals surface area contributed by atoms with Gasteiger partial charge < -0.3 is 9.84 Å². The lowest BCUT2D eigenvalue weighted by molar-refractivity contribution is 0.0566. The first-order chi connectivity index (χ1) is 15.1. The quantitative estimate of drug-likeness (QED) is 0.317. The summed E-state index contributed by atoms with van der Waals surface area (Å²) in [6.45, 7) is 5.25. The molecule has 2 nitrogen and oxygen atoms in total. The van der Waals surface area contributed by atoms with Gasteiger partial charge in [0.15, 0.2) is 0 Å². The molecule has 0 aliphatic heterocycles. The van der Waals surface area contributed by atoms with E-state index in [1.165, 1.54) is 24.5 Å². The number of allylic oxidation sites excluding steroid dienone is 1. The van der Waals surface area contributed by atoms with E-state index in [1.54, 1.807) is 6.07 Å². The number of ether oxygens (including phenoxy) is 1. The third-order valence-electron chi connectivity index (χ3n) is 5.57. The van der Waals surface area contributed by atoms with Crippen LogP contribution in [0, 0.1) is 5.82 Å². The maximum absolute atomic E-state index is 14.2. The van der Waals surface area contributed by atoms with Gasteiger partial charge in [-0.3, -0.25) is 0 Å². The average Bonchev–Trinajstić information content (AvgIpc) is 2.76. The highest BCUT2D eigenvalue weighted by atomic mass is 19.1. The van der Waals surface area contributed by atoms with Crippen molar-refractivity contribution in [2.75, 3.05) is 6.61 Å². The normalized spacial score (nSPS) is 12.6. The molecule has 31 heavy (non-hydrogen) atoms. The van der Waals surface area contributed by atoms with Crippen LogP contribution in [0.1, 0.15) is 57.9 Å². The largest absolute Gasteiger partial charge is 0.508 e. The second-order valence-electron chi connectivity index (χ2n) is 8.21. The number of phenols is 1. The summed E-state index contributed by atoms with van der Waals surface area (Å²) in [6.07, 6.45) is 11.6. The van der Waals surface area contributed by atoms with E-state index < -0.39 is 5.82 Å². The van der Waals surface area contributed by atoms with Gasteiger partial charge in [0.2, 0.25) is 0 Å². The molecule has 1 N–H and O–H groups in total. The van der Waals surface area contributed by atoms with Gasteiger partial charge >= 0.3 is 0 Å². The summed E-state index contributed by atoms with van der Waals surface area (Å²) in [7, 11) is 0. The van der Waals surface area contributed by atoms with Crippen LogP contribution in [0.4, 0.5) is 4.39 Å². The molecule has 3 heteroatoms. The molecule has 0 amide bonds. The number of unbranched alkanes of at least 4 members (excludes halogenated alkanes) is 3. The lowest BCUT2D eigenvalue weighted by Crippen LogP contribution is -2.08. The van der Waals surface area contributed by atoms with E-state index in [0.717, 1.165) is 54.7 Å². The molecular weight excluding hydrogens is 387 g/mol. The number of aromatic hydroxyl groups is 1. The second kappa shape index (κ2) is 11.7. The zero-order valence-electron chi connectivity index (χ0n) is 18.6. The fraction of sp³-hybridized carbons (Fsp3) is 0.357. The number of fused-ring (bicyclic) bond motifs is 1. The molecule has 0 saturated carbocycles. The topological polar surface area (TPSA) is 29.5 Å². The van der Waals surface area contributed by atoms with Gasteiger partial charge in [-0.1, -0.05) is 56.2 Å².